The smallest absolute Gasteiger partial charge is 0.235 e. The number of hydrogen-bond donors (Lipinski definition) is 2. The van der Waals surface area contributed by atoms with Crippen molar-refractivity contribution in [2.75, 3.05) is 17.9 Å². The standard InChI is InChI=1S/C12H18N2O3S/c13-9-10-3-1-2-4-12(10)14-18(15,16)11-5-7-17-8-6-11/h1-4,11,14H,5-9,13H2. The van der Waals surface area contributed by atoms with Crippen LogP contribution < -0.4 is 10.5 Å². The molecule has 0 aliphatic carbocycles. The summed E-state index contributed by atoms with van der Waals surface area (Å²) in [6, 6.07) is 7.19. The summed E-state index contributed by atoms with van der Waals surface area (Å²) in [5, 5.41) is -0.378. The van der Waals surface area contributed by atoms with Crippen LogP contribution in [0.1, 0.15) is 18.4 Å². The van der Waals surface area contributed by atoms with Gasteiger partial charge in [-0.15, -0.1) is 0 Å². The van der Waals surface area contributed by atoms with Gasteiger partial charge in [0.1, 0.15) is 0 Å². The van der Waals surface area contributed by atoms with E-state index >= 15 is 0 Å². The number of ether oxygens (including phenoxy) is 1. The lowest BCUT2D eigenvalue weighted by Crippen LogP contribution is -2.33. The number of nitrogens with one attached hydrogen (secondary N) is 1. The summed E-state index contributed by atoms with van der Waals surface area (Å²) >= 11 is 0. The maximum atomic E-state index is 12.2. The summed E-state index contributed by atoms with van der Waals surface area (Å²) in [5.41, 5.74) is 6.97. The van der Waals surface area contributed by atoms with Gasteiger partial charge in [0, 0.05) is 19.8 Å². The largest absolute Gasteiger partial charge is 0.381 e. The van der Waals surface area contributed by atoms with E-state index in [1.54, 1.807) is 12.1 Å². The molecule has 1 saturated heterocycles. The molecule has 100 valence electrons. The highest BCUT2D eigenvalue weighted by Crippen LogP contribution is 2.21. The SMILES string of the molecule is NCc1ccccc1NS(=O)(=O)C1CCOCC1. The molecular formula is C12H18N2O3S. The van der Waals surface area contributed by atoms with Gasteiger partial charge < -0.3 is 10.5 Å². The Hall–Kier alpha value is -1.11. The van der Waals surface area contributed by atoms with Crippen LogP contribution in [-0.4, -0.2) is 26.9 Å². The Labute approximate surface area is 107 Å². The first kappa shape index (κ1) is 13.3. The van der Waals surface area contributed by atoms with E-state index in [0.717, 1.165) is 5.56 Å². The molecule has 1 aliphatic rings. The van der Waals surface area contributed by atoms with Crippen LogP contribution in [0, 0.1) is 0 Å². The van der Waals surface area contributed by atoms with Crippen molar-refractivity contribution in [1.82, 2.24) is 0 Å². The minimum Gasteiger partial charge on any atom is -0.381 e. The summed E-state index contributed by atoms with van der Waals surface area (Å²) in [4.78, 5) is 0. The maximum absolute atomic E-state index is 12.2. The van der Waals surface area contributed by atoms with E-state index in [-0.39, 0.29) is 5.25 Å². The summed E-state index contributed by atoms with van der Waals surface area (Å²) in [5.74, 6) is 0. The Morgan fingerprint density at radius 2 is 1.94 bits per heavy atom. The average molecular weight is 270 g/mol. The third kappa shape index (κ3) is 3.01. The number of hydrogen-bond acceptors (Lipinski definition) is 4. The summed E-state index contributed by atoms with van der Waals surface area (Å²) in [7, 11) is -3.35. The van der Waals surface area contributed by atoms with Crippen LogP contribution in [0.2, 0.25) is 0 Å². The molecule has 0 saturated carbocycles. The molecule has 0 atom stereocenters. The van der Waals surface area contributed by atoms with Crippen LogP contribution in [0.15, 0.2) is 24.3 Å². The molecule has 0 radical (unpaired) electrons. The first-order valence-electron chi connectivity index (χ1n) is 6.01. The third-order valence-electron chi connectivity index (χ3n) is 3.10. The van der Waals surface area contributed by atoms with Crippen molar-refractivity contribution < 1.29 is 13.2 Å². The molecule has 18 heavy (non-hydrogen) atoms. The summed E-state index contributed by atoms with van der Waals surface area (Å²) in [6.07, 6.45) is 1.08. The van der Waals surface area contributed by atoms with Crippen molar-refractivity contribution in [2.45, 2.75) is 24.6 Å². The molecule has 1 heterocycles. The van der Waals surface area contributed by atoms with Crippen LogP contribution in [-0.2, 0) is 21.3 Å². The minimum absolute atomic E-state index is 0.312. The van der Waals surface area contributed by atoms with Gasteiger partial charge in [-0.2, -0.15) is 0 Å². The van der Waals surface area contributed by atoms with Gasteiger partial charge >= 0.3 is 0 Å². The predicted octanol–water partition coefficient (Wildman–Crippen LogP) is 1.07. The van der Waals surface area contributed by atoms with E-state index in [4.69, 9.17) is 10.5 Å². The topological polar surface area (TPSA) is 81.4 Å². The molecule has 1 aromatic rings. The highest BCUT2D eigenvalue weighted by molar-refractivity contribution is 7.93. The van der Waals surface area contributed by atoms with Gasteiger partial charge in [-0.1, -0.05) is 18.2 Å². The van der Waals surface area contributed by atoms with E-state index in [0.29, 0.717) is 38.3 Å². The van der Waals surface area contributed by atoms with E-state index in [9.17, 15) is 8.42 Å². The Bertz CT molecular complexity index is 496. The van der Waals surface area contributed by atoms with Gasteiger partial charge in [0.2, 0.25) is 10.0 Å². The van der Waals surface area contributed by atoms with Crippen LogP contribution in [0.5, 0.6) is 0 Å². The maximum Gasteiger partial charge on any atom is 0.235 e. The monoisotopic (exact) mass is 270 g/mol. The van der Waals surface area contributed by atoms with Crippen LogP contribution in [0.4, 0.5) is 5.69 Å². The molecule has 2 rings (SSSR count). The normalized spacial score (nSPS) is 17.6. The minimum atomic E-state index is -3.35. The fraction of sp³-hybridized carbons (Fsp3) is 0.500. The molecule has 1 aliphatic heterocycles. The number of nitrogens with two attached hydrogens (primary N) is 1. The molecule has 5 nitrogen and oxygen atoms in total. The molecule has 6 heteroatoms. The Morgan fingerprint density at radius 1 is 1.28 bits per heavy atom. The average Bonchev–Trinajstić information content (AvgIpc) is 2.40. The van der Waals surface area contributed by atoms with E-state index in [1.165, 1.54) is 0 Å². The van der Waals surface area contributed by atoms with E-state index in [1.807, 2.05) is 12.1 Å². The van der Waals surface area contributed by atoms with Crippen molar-refractivity contribution in [3.05, 3.63) is 29.8 Å². The number of benzene rings is 1. The highest BCUT2D eigenvalue weighted by Gasteiger charge is 2.27. The molecule has 1 fully saturated rings. The molecule has 3 N–H and O–H groups in total. The van der Waals surface area contributed by atoms with Gasteiger partial charge in [-0.25, -0.2) is 8.42 Å². The second kappa shape index (κ2) is 5.69. The van der Waals surface area contributed by atoms with Crippen LogP contribution >= 0.6 is 0 Å². The molecule has 0 unspecified atom stereocenters. The zero-order valence-corrected chi connectivity index (χ0v) is 10.9. The van der Waals surface area contributed by atoms with Gasteiger partial charge in [0.25, 0.3) is 0 Å². The Morgan fingerprint density at radius 3 is 2.61 bits per heavy atom. The molecule has 0 aromatic heterocycles. The summed E-state index contributed by atoms with van der Waals surface area (Å²) < 4.78 is 32.3. The molecular weight excluding hydrogens is 252 g/mol. The van der Waals surface area contributed by atoms with Crippen LogP contribution in [0.3, 0.4) is 0 Å². The zero-order valence-electron chi connectivity index (χ0n) is 10.1. The fourth-order valence-electron chi connectivity index (χ4n) is 2.02. The first-order chi connectivity index (χ1) is 8.63. The van der Waals surface area contributed by atoms with Crippen molar-refractivity contribution in [3.8, 4) is 0 Å². The third-order valence-corrected chi connectivity index (χ3v) is 4.95. The fourth-order valence-corrected chi connectivity index (χ4v) is 3.51. The molecule has 0 spiro atoms. The van der Waals surface area contributed by atoms with Crippen LogP contribution in [0.25, 0.3) is 0 Å². The second-order valence-corrected chi connectivity index (χ2v) is 6.28. The number of sulfonamides is 1. The molecule has 1 aromatic carbocycles. The lowest BCUT2D eigenvalue weighted by molar-refractivity contribution is 0.0984. The van der Waals surface area contributed by atoms with E-state index < -0.39 is 10.0 Å². The number of anilines is 1. The second-order valence-electron chi connectivity index (χ2n) is 4.32. The van der Waals surface area contributed by atoms with E-state index in [2.05, 4.69) is 4.72 Å². The zero-order chi connectivity index (χ0) is 13.0. The van der Waals surface area contributed by atoms with Crippen molar-refractivity contribution >= 4 is 15.7 Å². The predicted molar refractivity (Wildman–Crippen MR) is 70.7 cm³/mol. The van der Waals surface area contributed by atoms with Gasteiger partial charge in [0.15, 0.2) is 0 Å². The lowest BCUT2D eigenvalue weighted by atomic mass is 10.2. The first-order valence-corrected chi connectivity index (χ1v) is 7.55. The van der Waals surface area contributed by atoms with Gasteiger partial charge in [0.05, 0.1) is 10.9 Å². The van der Waals surface area contributed by atoms with Crippen molar-refractivity contribution in [1.29, 1.82) is 0 Å². The summed E-state index contributed by atoms with van der Waals surface area (Å²) in [6.45, 7) is 1.32. The molecule has 0 amide bonds. The Kier molecular flexibility index (Phi) is 4.21. The van der Waals surface area contributed by atoms with Crippen molar-refractivity contribution in [2.24, 2.45) is 5.73 Å². The number of rotatable bonds is 4. The van der Waals surface area contributed by atoms with Gasteiger partial charge in [-0.3, -0.25) is 4.72 Å². The lowest BCUT2D eigenvalue weighted by Gasteiger charge is -2.23. The number of para-hydroxylation sites is 1. The Balaban J connectivity index is 2.16. The highest BCUT2D eigenvalue weighted by atomic mass is 32.2. The quantitative estimate of drug-likeness (QED) is 0.857. The van der Waals surface area contributed by atoms with Crippen molar-refractivity contribution in [3.63, 3.8) is 0 Å². The molecule has 0 bridgehead atoms. The van der Waals surface area contributed by atoms with Gasteiger partial charge in [-0.05, 0) is 24.5 Å².